The number of fused-ring (bicyclic) bond motifs is 1. The second kappa shape index (κ2) is 12.8. The Morgan fingerprint density at radius 1 is 0.654 bits per heavy atom. The molecule has 2 rings (SSSR count). The Morgan fingerprint density at radius 2 is 1.19 bits per heavy atom. The van der Waals surface area contributed by atoms with E-state index in [1.54, 1.807) is 0 Å². The molecule has 0 heterocycles. The predicted octanol–water partition coefficient (Wildman–Crippen LogP) is 7.37. The molecular weight excluding hydrogens is 316 g/mol. The maximum absolute atomic E-state index is 5.64. The lowest BCUT2D eigenvalue weighted by atomic mass is 9.98. The second-order valence-electron chi connectivity index (χ2n) is 7.60. The summed E-state index contributed by atoms with van der Waals surface area (Å²) in [6.45, 7) is 2.29. The topological polar surface area (TPSA) is 38.0 Å². The molecule has 2 heteroatoms. The van der Waals surface area contributed by atoms with Gasteiger partial charge in [0.05, 0.1) is 5.69 Å². The zero-order chi connectivity index (χ0) is 18.5. The highest BCUT2D eigenvalue weighted by molar-refractivity contribution is 5.95. The van der Waals surface area contributed by atoms with Crippen molar-refractivity contribution < 1.29 is 0 Å². The molecule has 144 valence electrons. The molecule has 0 atom stereocenters. The quantitative estimate of drug-likeness (QED) is 0.211. The van der Waals surface area contributed by atoms with Gasteiger partial charge in [0.25, 0.3) is 0 Å². The number of anilines is 1. The molecule has 0 unspecified atom stereocenters. The summed E-state index contributed by atoms with van der Waals surface area (Å²) in [6.07, 6.45) is 18.0. The van der Waals surface area contributed by atoms with Crippen molar-refractivity contribution in [2.45, 2.75) is 90.4 Å². The van der Waals surface area contributed by atoms with Gasteiger partial charge in [0.1, 0.15) is 0 Å². The van der Waals surface area contributed by atoms with Gasteiger partial charge < -0.3 is 5.43 Å². The van der Waals surface area contributed by atoms with Crippen LogP contribution in [0.4, 0.5) is 5.69 Å². The second-order valence-corrected chi connectivity index (χ2v) is 7.60. The van der Waals surface area contributed by atoms with Crippen LogP contribution in [0.15, 0.2) is 36.4 Å². The normalized spacial score (nSPS) is 11.2. The lowest BCUT2D eigenvalue weighted by Gasteiger charge is -2.11. The maximum atomic E-state index is 5.64. The van der Waals surface area contributed by atoms with Crippen LogP contribution in [-0.2, 0) is 6.42 Å². The molecule has 2 aromatic carbocycles. The number of nitrogens with two attached hydrogens (primary N) is 1. The Bertz CT molecular complexity index is 621. The highest BCUT2D eigenvalue weighted by Crippen LogP contribution is 2.27. The van der Waals surface area contributed by atoms with Crippen molar-refractivity contribution in [2.75, 3.05) is 5.43 Å². The van der Waals surface area contributed by atoms with Gasteiger partial charge >= 0.3 is 0 Å². The summed E-state index contributed by atoms with van der Waals surface area (Å²) in [6, 6.07) is 12.9. The van der Waals surface area contributed by atoms with Gasteiger partial charge in [-0.3, -0.25) is 5.84 Å². The Kier molecular flexibility index (Phi) is 10.2. The SMILES string of the molecule is CCCCCCCCCCCCCCc1ccc(NN)c2ccccc12. The third-order valence-electron chi connectivity index (χ3n) is 5.47. The molecule has 3 N–H and O–H groups in total. The first kappa shape index (κ1) is 20.8. The average molecular weight is 355 g/mol. The van der Waals surface area contributed by atoms with Crippen LogP contribution in [0.2, 0.25) is 0 Å². The molecular formula is C24H38N2. The highest BCUT2D eigenvalue weighted by atomic mass is 15.2. The zero-order valence-corrected chi connectivity index (χ0v) is 16.7. The average Bonchev–Trinajstić information content (AvgIpc) is 2.68. The Balaban J connectivity index is 1.59. The molecule has 0 aliphatic rings. The molecule has 0 saturated heterocycles. The fourth-order valence-electron chi connectivity index (χ4n) is 3.86. The van der Waals surface area contributed by atoms with Gasteiger partial charge in [-0.05, 0) is 29.9 Å². The third kappa shape index (κ3) is 6.99. The number of unbranched alkanes of at least 4 members (excludes halogenated alkanes) is 11. The Labute approximate surface area is 160 Å². The van der Waals surface area contributed by atoms with Crippen molar-refractivity contribution in [1.29, 1.82) is 0 Å². The number of benzene rings is 2. The molecule has 0 bridgehead atoms. The van der Waals surface area contributed by atoms with Gasteiger partial charge in [0, 0.05) is 5.39 Å². The van der Waals surface area contributed by atoms with Crippen LogP contribution in [-0.4, -0.2) is 0 Å². The van der Waals surface area contributed by atoms with Gasteiger partial charge in [-0.1, -0.05) is 108 Å². The fourth-order valence-corrected chi connectivity index (χ4v) is 3.86. The number of aryl methyl sites for hydroxylation is 1. The number of hydrogen-bond acceptors (Lipinski definition) is 2. The number of nitrogen functional groups attached to an aromatic ring is 1. The molecule has 0 aliphatic carbocycles. The van der Waals surface area contributed by atoms with E-state index < -0.39 is 0 Å². The molecule has 0 aromatic heterocycles. The van der Waals surface area contributed by atoms with Gasteiger partial charge in [-0.2, -0.15) is 0 Å². The van der Waals surface area contributed by atoms with Crippen LogP contribution in [0.5, 0.6) is 0 Å². The van der Waals surface area contributed by atoms with E-state index in [1.807, 2.05) is 0 Å². The van der Waals surface area contributed by atoms with Gasteiger partial charge in [0.15, 0.2) is 0 Å². The molecule has 0 amide bonds. The van der Waals surface area contributed by atoms with E-state index in [0.29, 0.717) is 0 Å². The largest absolute Gasteiger partial charge is 0.324 e. The van der Waals surface area contributed by atoms with E-state index in [4.69, 9.17) is 5.84 Å². The third-order valence-corrected chi connectivity index (χ3v) is 5.47. The lowest BCUT2D eigenvalue weighted by Crippen LogP contribution is -2.07. The summed E-state index contributed by atoms with van der Waals surface area (Å²) in [5.41, 5.74) is 5.28. The van der Waals surface area contributed by atoms with Crippen molar-refractivity contribution in [1.82, 2.24) is 0 Å². The van der Waals surface area contributed by atoms with E-state index in [9.17, 15) is 0 Å². The minimum absolute atomic E-state index is 1.01. The van der Waals surface area contributed by atoms with Crippen molar-refractivity contribution in [3.8, 4) is 0 Å². The fraction of sp³-hybridized carbons (Fsp3) is 0.583. The number of hydrazine groups is 1. The predicted molar refractivity (Wildman–Crippen MR) is 117 cm³/mol. The Hall–Kier alpha value is -1.54. The summed E-state index contributed by atoms with van der Waals surface area (Å²) < 4.78 is 0. The lowest BCUT2D eigenvalue weighted by molar-refractivity contribution is 0.544. The smallest absolute Gasteiger partial charge is 0.0563 e. The summed E-state index contributed by atoms with van der Waals surface area (Å²) in [5.74, 6) is 5.64. The van der Waals surface area contributed by atoms with Gasteiger partial charge in [-0.25, -0.2) is 0 Å². The van der Waals surface area contributed by atoms with Crippen LogP contribution in [0, 0.1) is 0 Å². The molecule has 2 nitrogen and oxygen atoms in total. The first-order valence-electron chi connectivity index (χ1n) is 10.8. The summed E-state index contributed by atoms with van der Waals surface area (Å²) >= 11 is 0. The van der Waals surface area contributed by atoms with Crippen LogP contribution in [0.1, 0.15) is 89.5 Å². The number of hydrogen-bond donors (Lipinski definition) is 2. The van der Waals surface area contributed by atoms with Gasteiger partial charge in [0.2, 0.25) is 0 Å². The van der Waals surface area contributed by atoms with Crippen LogP contribution < -0.4 is 11.3 Å². The molecule has 0 saturated carbocycles. The van der Waals surface area contributed by atoms with Crippen molar-refractivity contribution >= 4 is 16.5 Å². The van der Waals surface area contributed by atoms with Crippen molar-refractivity contribution in [3.63, 3.8) is 0 Å². The van der Waals surface area contributed by atoms with E-state index in [2.05, 4.69) is 48.7 Å². The highest BCUT2D eigenvalue weighted by Gasteiger charge is 2.04. The number of nitrogens with one attached hydrogen (secondary N) is 1. The van der Waals surface area contributed by atoms with Crippen molar-refractivity contribution in [2.24, 2.45) is 5.84 Å². The molecule has 0 radical (unpaired) electrons. The van der Waals surface area contributed by atoms with E-state index in [0.717, 1.165) is 5.69 Å². The van der Waals surface area contributed by atoms with Crippen LogP contribution in [0.3, 0.4) is 0 Å². The molecule has 0 spiro atoms. The minimum Gasteiger partial charge on any atom is -0.324 e. The molecule has 0 aliphatic heterocycles. The first-order valence-corrected chi connectivity index (χ1v) is 10.8. The standard InChI is InChI=1S/C24H38N2/c1-2-3-4-5-6-7-8-9-10-11-12-13-16-21-19-20-24(26-25)23-18-15-14-17-22(21)23/h14-15,17-20,26H,2-13,16,25H2,1H3. The summed E-state index contributed by atoms with van der Waals surface area (Å²) in [5, 5.41) is 2.57. The van der Waals surface area contributed by atoms with Crippen LogP contribution >= 0.6 is 0 Å². The summed E-state index contributed by atoms with van der Waals surface area (Å²) in [7, 11) is 0. The Morgan fingerprint density at radius 3 is 1.77 bits per heavy atom. The maximum Gasteiger partial charge on any atom is 0.0563 e. The van der Waals surface area contributed by atoms with E-state index in [1.165, 1.54) is 99.8 Å². The zero-order valence-electron chi connectivity index (χ0n) is 16.7. The molecule has 2 aromatic rings. The van der Waals surface area contributed by atoms with Crippen LogP contribution in [0.25, 0.3) is 10.8 Å². The van der Waals surface area contributed by atoms with Crippen molar-refractivity contribution in [3.05, 3.63) is 42.0 Å². The molecule has 26 heavy (non-hydrogen) atoms. The minimum atomic E-state index is 1.01. The van der Waals surface area contributed by atoms with E-state index >= 15 is 0 Å². The number of rotatable bonds is 14. The monoisotopic (exact) mass is 354 g/mol. The van der Waals surface area contributed by atoms with Gasteiger partial charge in [-0.15, -0.1) is 0 Å². The van der Waals surface area contributed by atoms with E-state index in [-0.39, 0.29) is 0 Å². The first-order chi connectivity index (χ1) is 12.9. The summed E-state index contributed by atoms with van der Waals surface area (Å²) in [4.78, 5) is 0. The molecule has 0 fully saturated rings.